The molecule has 0 radical (unpaired) electrons. The van der Waals surface area contributed by atoms with Crippen LogP contribution in [0.4, 0.5) is 0 Å². The zero-order chi connectivity index (χ0) is 12.7. The van der Waals surface area contributed by atoms with E-state index in [1.165, 1.54) is 0 Å². The summed E-state index contributed by atoms with van der Waals surface area (Å²) in [5.74, 6) is -0.204. The summed E-state index contributed by atoms with van der Waals surface area (Å²) in [4.78, 5) is 11.7. The summed E-state index contributed by atoms with van der Waals surface area (Å²) in [6, 6.07) is 5.04. The molecule has 0 heterocycles. The minimum Gasteiger partial charge on any atom is -0.507 e. The molecular formula is C13H20N2O2. The van der Waals surface area contributed by atoms with Crippen molar-refractivity contribution in [1.82, 2.24) is 10.6 Å². The Morgan fingerprint density at radius 2 is 2.06 bits per heavy atom. The van der Waals surface area contributed by atoms with Crippen LogP contribution in [0.15, 0.2) is 18.2 Å². The second-order valence-electron chi connectivity index (χ2n) is 4.03. The number of nitrogens with one attached hydrogen (secondary N) is 2. The van der Waals surface area contributed by atoms with E-state index in [0.29, 0.717) is 12.1 Å². The largest absolute Gasteiger partial charge is 0.507 e. The van der Waals surface area contributed by atoms with Gasteiger partial charge in [0.15, 0.2) is 0 Å². The molecule has 0 aliphatic rings. The molecule has 0 aliphatic heterocycles. The van der Waals surface area contributed by atoms with Crippen LogP contribution in [0.5, 0.6) is 5.75 Å². The molecule has 0 fully saturated rings. The first kappa shape index (κ1) is 13.5. The van der Waals surface area contributed by atoms with E-state index in [0.717, 1.165) is 25.1 Å². The van der Waals surface area contributed by atoms with Crippen LogP contribution in [0, 0.1) is 6.92 Å². The molecule has 0 saturated carbocycles. The van der Waals surface area contributed by atoms with Gasteiger partial charge in [0.1, 0.15) is 5.75 Å². The van der Waals surface area contributed by atoms with Gasteiger partial charge in [0, 0.05) is 13.1 Å². The van der Waals surface area contributed by atoms with E-state index in [4.69, 9.17) is 0 Å². The molecule has 0 atom stereocenters. The van der Waals surface area contributed by atoms with Gasteiger partial charge in [-0.25, -0.2) is 0 Å². The van der Waals surface area contributed by atoms with Crippen LogP contribution >= 0.6 is 0 Å². The molecule has 0 aliphatic carbocycles. The number of phenols is 1. The van der Waals surface area contributed by atoms with Gasteiger partial charge in [0.25, 0.3) is 5.91 Å². The van der Waals surface area contributed by atoms with E-state index in [1.54, 1.807) is 12.1 Å². The average Bonchev–Trinajstić information content (AvgIpc) is 2.28. The number of hydrogen-bond acceptors (Lipinski definition) is 3. The number of carbonyl (C=O) groups excluding carboxylic acids is 1. The number of aromatic hydroxyl groups is 1. The van der Waals surface area contributed by atoms with Crippen molar-refractivity contribution in [2.24, 2.45) is 0 Å². The first-order chi connectivity index (χ1) is 8.15. The van der Waals surface area contributed by atoms with Crippen molar-refractivity contribution in [3.63, 3.8) is 0 Å². The van der Waals surface area contributed by atoms with Crippen molar-refractivity contribution in [2.45, 2.75) is 20.3 Å². The summed E-state index contributed by atoms with van der Waals surface area (Å²) in [6.07, 6.45) is 1.08. The van der Waals surface area contributed by atoms with Gasteiger partial charge in [-0.05, 0) is 37.6 Å². The van der Waals surface area contributed by atoms with E-state index in [1.807, 2.05) is 13.0 Å². The van der Waals surface area contributed by atoms with Gasteiger partial charge in [0.05, 0.1) is 5.56 Å². The van der Waals surface area contributed by atoms with E-state index in [-0.39, 0.29) is 11.7 Å². The van der Waals surface area contributed by atoms with E-state index in [9.17, 15) is 9.90 Å². The smallest absolute Gasteiger partial charge is 0.255 e. The maximum Gasteiger partial charge on any atom is 0.255 e. The molecule has 94 valence electrons. The maximum absolute atomic E-state index is 11.7. The lowest BCUT2D eigenvalue weighted by atomic mass is 10.1. The molecule has 0 unspecified atom stereocenters. The molecular weight excluding hydrogens is 216 g/mol. The minimum atomic E-state index is -0.235. The van der Waals surface area contributed by atoms with Crippen LogP contribution in [-0.2, 0) is 0 Å². The van der Waals surface area contributed by atoms with Crippen molar-refractivity contribution in [3.8, 4) is 5.75 Å². The number of aryl methyl sites for hydroxylation is 1. The lowest BCUT2D eigenvalue weighted by Gasteiger charge is -2.08. The van der Waals surface area contributed by atoms with Gasteiger partial charge in [0.2, 0.25) is 0 Å². The summed E-state index contributed by atoms with van der Waals surface area (Å²) >= 11 is 0. The fourth-order valence-electron chi connectivity index (χ4n) is 1.50. The van der Waals surface area contributed by atoms with Gasteiger partial charge < -0.3 is 15.7 Å². The third kappa shape index (κ3) is 4.44. The number of hydrogen-bond donors (Lipinski definition) is 3. The Morgan fingerprint density at radius 1 is 1.29 bits per heavy atom. The fourth-order valence-corrected chi connectivity index (χ4v) is 1.50. The van der Waals surface area contributed by atoms with Crippen LogP contribution < -0.4 is 10.6 Å². The summed E-state index contributed by atoms with van der Waals surface area (Å²) in [5, 5.41) is 15.6. The lowest BCUT2D eigenvalue weighted by molar-refractivity contribution is 0.0951. The zero-order valence-corrected chi connectivity index (χ0v) is 10.4. The van der Waals surface area contributed by atoms with Crippen molar-refractivity contribution in [1.29, 1.82) is 0 Å². The number of rotatable bonds is 6. The standard InChI is InChI=1S/C13H20N2O2/c1-3-6-14-7-8-15-13(17)11-5-4-10(2)9-12(11)16/h4-5,9,14,16H,3,6-8H2,1-2H3,(H,15,17). The highest BCUT2D eigenvalue weighted by Crippen LogP contribution is 2.17. The van der Waals surface area contributed by atoms with E-state index >= 15 is 0 Å². The van der Waals surface area contributed by atoms with Gasteiger partial charge in [-0.3, -0.25) is 4.79 Å². The van der Waals surface area contributed by atoms with Crippen LogP contribution in [-0.4, -0.2) is 30.6 Å². The number of benzene rings is 1. The normalized spacial score (nSPS) is 10.2. The summed E-state index contributed by atoms with van der Waals surface area (Å²) in [5.41, 5.74) is 1.26. The molecule has 0 bridgehead atoms. The molecule has 1 rings (SSSR count). The van der Waals surface area contributed by atoms with Crippen LogP contribution in [0.3, 0.4) is 0 Å². The first-order valence-electron chi connectivity index (χ1n) is 5.93. The SMILES string of the molecule is CCCNCCNC(=O)c1ccc(C)cc1O. The Bertz CT molecular complexity index is 378. The summed E-state index contributed by atoms with van der Waals surface area (Å²) < 4.78 is 0. The summed E-state index contributed by atoms with van der Waals surface area (Å²) in [7, 11) is 0. The topological polar surface area (TPSA) is 61.4 Å². The molecule has 17 heavy (non-hydrogen) atoms. The molecule has 1 amide bonds. The highest BCUT2D eigenvalue weighted by molar-refractivity contribution is 5.96. The second kappa shape index (κ2) is 6.91. The van der Waals surface area contributed by atoms with Gasteiger partial charge in [-0.15, -0.1) is 0 Å². The Balaban J connectivity index is 2.42. The molecule has 3 N–H and O–H groups in total. The number of carbonyl (C=O) groups is 1. The maximum atomic E-state index is 11.7. The Kier molecular flexibility index (Phi) is 5.49. The van der Waals surface area contributed by atoms with Crippen molar-refractivity contribution in [2.75, 3.05) is 19.6 Å². The predicted molar refractivity (Wildman–Crippen MR) is 68.3 cm³/mol. The third-order valence-electron chi connectivity index (χ3n) is 2.41. The van der Waals surface area contributed by atoms with Crippen molar-refractivity contribution < 1.29 is 9.90 Å². The Hall–Kier alpha value is -1.55. The van der Waals surface area contributed by atoms with Gasteiger partial charge in [-0.2, -0.15) is 0 Å². The Labute approximate surface area is 102 Å². The van der Waals surface area contributed by atoms with Crippen molar-refractivity contribution in [3.05, 3.63) is 29.3 Å². The molecule has 1 aromatic carbocycles. The number of amides is 1. The van der Waals surface area contributed by atoms with E-state index in [2.05, 4.69) is 17.6 Å². The highest BCUT2D eigenvalue weighted by atomic mass is 16.3. The average molecular weight is 236 g/mol. The van der Waals surface area contributed by atoms with Crippen LogP contribution in [0.25, 0.3) is 0 Å². The van der Waals surface area contributed by atoms with Gasteiger partial charge in [-0.1, -0.05) is 13.0 Å². The minimum absolute atomic E-state index is 0.0315. The molecule has 1 aromatic rings. The molecule has 0 aromatic heterocycles. The van der Waals surface area contributed by atoms with Crippen molar-refractivity contribution >= 4 is 5.91 Å². The molecule has 4 nitrogen and oxygen atoms in total. The predicted octanol–water partition coefficient (Wildman–Crippen LogP) is 1.43. The molecule has 0 spiro atoms. The fraction of sp³-hybridized carbons (Fsp3) is 0.462. The first-order valence-corrected chi connectivity index (χ1v) is 5.93. The quantitative estimate of drug-likeness (QED) is 0.655. The lowest BCUT2D eigenvalue weighted by Crippen LogP contribution is -2.32. The van der Waals surface area contributed by atoms with Crippen LogP contribution in [0.2, 0.25) is 0 Å². The molecule has 0 saturated heterocycles. The summed E-state index contributed by atoms with van der Waals surface area (Å²) in [6.45, 7) is 6.22. The Morgan fingerprint density at radius 3 is 2.71 bits per heavy atom. The monoisotopic (exact) mass is 236 g/mol. The zero-order valence-electron chi connectivity index (χ0n) is 10.4. The molecule has 4 heteroatoms. The number of phenolic OH excluding ortho intramolecular Hbond substituents is 1. The third-order valence-corrected chi connectivity index (χ3v) is 2.41. The van der Waals surface area contributed by atoms with Gasteiger partial charge >= 0.3 is 0 Å². The second-order valence-corrected chi connectivity index (χ2v) is 4.03. The highest BCUT2D eigenvalue weighted by Gasteiger charge is 2.09. The van der Waals surface area contributed by atoms with E-state index < -0.39 is 0 Å². The van der Waals surface area contributed by atoms with Crippen LogP contribution in [0.1, 0.15) is 29.3 Å².